The molecule has 1 amide bonds. The van der Waals surface area contributed by atoms with E-state index < -0.39 is 5.91 Å². The molecule has 3 heterocycles. The van der Waals surface area contributed by atoms with Gasteiger partial charge in [0, 0.05) is 37.3 Å². The molecule has 3 atom stereocenters. The van der Waals surface area contributed by atoms with Crippen molar-refractivity contribution in [2.45, 2.75) is 50.4 Å². The molecule has 0 aliphatic carbocycles. The molecule has 2 N–H and O–H groups in total. The van der Waals surface area contributed by atoms with Crippen molar-refractivity contribution in [3.05, 3.63) is 34.6 Å². The lowest BCUT2D eigenvalue weighted by molar-refractivity contribution is -0.0661. The van der Waals surface area contributed by atoms with Gasteiger partial charge in [0.2, 0.25) is 0 Å². The van der Waals surface area contributed by atoms with E-state index in [0.29, 0.717) is 24.6 Å². The van der Waals surface area contributed by atoms with Crippen molar-refractivity contribution in [3.63, 3.8) is 0 Å². The SMILES string of the molecule is CC[C@@H]1Cc2c(F)cc(C(=O)NO)cc2CN1C[C@@]12C[C@@H](CO1)N(C)C2. The minimum absolute atomic E-state index is 0.136. The molecule has 142 valence electrons. The van der Waals surface area contributed by atoms with Gasteiger partial charge in [-0.05, 0) is 49.6 Å². The Balaban J connectivity index is 1.60. The van der Waals surface area contributed by atoms with Crippen LogP contribution in [0.15, 0.2) is 12.1 Å². The zero-order valence-electron chi connectivity index (χ0n) is 15.3. The number of hydrogen-bond donors (Lipinski definition) is 2. The number of carbonyl (C=O) groups is 1. The number of nitrogens with zero attached hydrogens (tertiary/aromatic N) is 2. The van der Waals surface area contributed by atoms with E-state index in [4.69, 9.17) is 9.94 Å². The van der Waals surface area contributed by atoms with Gasteiger partial charge in [-0.25, -0.2) is 9.87 Å². The molecular formula is C19H26FN3O3. The number of benzene rings is 1. The molecule has 2 bridgehead atoms. The Morgan fingerprint density at radius 1 is 1.50 bits per heavy atom. The lowest BCUT2D eigenvalue weighted by atomic mass is 9.89. The highest BCUT2D eigenvalue weighted by molar-refractivity contribution is 5.93. The summed E-state index contributed by atoms with van der Waals surface area (Å²) in [7, 11) is 2.15. The highest BCUT2D eigenvalue weighted by atomic mass is 19.1. The molecule has 6 nitrogen and oxygen atoms in total. The first-order chi connectivity index (χ1) is 12.4. The van der Waals surface area contributed by atoms with Gasteiger partial charge in [0.25, 0.3) is 5.91 Å². The summed E-state index contributed by atoms with van der Waals surface area (Å²) in [5.41, 5.74) is 3.11. The molecule has 0 unspecified atom stereocenters. The number of halogens is 1. The molecule has 0 saturated carbocycles. The van der Waals surface area contributed by atoms with Gasteiger partial charge in [0.15, 0.2) is 0 Å². The fraction of sp³-hybridized carbons (Fsp3) is 0.632. The van der Waals surface area contributed by atoms with Crippen LogP contribution in [0.3, 0.4) is 0 Å². The Bertz CT molecular complexity index is 724. The zero-order chi connectivity index (χ0) is 18.5. The third-order valence-electron chi connectivity index (χ3n) is 6.29. The Morgan fingerprint density at radius 2 is 2.31 bits per heavy atom. The zero-order valence-corrected chi connectivity index (χ0v) is 15.3. The third-order valence-corrected chi connectivity index (χ3v) is 6.29. The molecule has 26 heavy (non-hydrogen) atoms. The molecule has 1 aromatic carbocycles. The first-order valence-corrected chi connectivity index (χ1v) is 9.28. The second kappa shape index (κ2) is 6.56. The van der Waals surface area contributed by atoms with Gasteiger partial charge in [0.05, 0.1) is 12.2 Å². The van der Waals surface area contributed by atoms with Crippen LogP contribution in [-0.4, -0.2) is 65.3 Å². The molecule has 0 aromatic heterocycles. The maximum atomic E-state index is 14.6. The summed E-state index contributed by atoms with van der Waals surface area (Å²) >= 11 is 0. The summed E-state index contributed by atoms with van der Waals surface area (Å²) in [6.45, 7) is 5.26. The molecule has 1 aromatic rings. The van der Waals surface area contributed by atoms with Crippen LogP contribution in [0, 0.1) is 5.82 Å². The van der Waals surface area contributed by atoms with Gasteiger partial charge < -0.3 is 4.74 Å². The number of amides is 1. The second-order valence-electron chi connectivity index (χ2n) is 7.97. The van der Waals surface area contributed by atoms with E-state index in [1.54, 1.807) is 11.5 Å². The lowest BCUT2D eigenvalue weighted by Crippen LogP contribution is -2.52. The lowest BCUT2D eigenvalue weighted by Gasteiger charge is -2.42. The monoisotopic (exact) mass is 363 g/mol. The summed E-state index contributed by atoms with van der Waals surface area (Å²) in [6.07, 6.45) is 2.62. The molecule has 2 fully saturated rings. The number of hydroxylamine groups is 1. The largest absolute Gasteiger partial charge is 0.371 e. The normalized spacial score (nSPS) is 31.2. The number of nitrogens with one attached hydrogen (secondary N) is 1. The third kappa shape index (κ3) is 2.93. The van der Waals surface area contributed by atoms with E-state index in [0.717, 1.165) is 38.1 Å². The quantitative estimate of drug-likeness (QED) is 0.628. The summed E-state index contributed by atoms with van der Waals surface area (Å²) in [5.74, 6) is -1.05. The average molecular weight is 363 g/mol. The Morgan fingerprint density at radius 3 is 2.92 bits per heavy atom. The average Bonchev–Trinajstić information content (AvgIpc) is 3.17. The van der Waals surface area contributed by atoms with Crippen LogP contribution < -0.4 is 5.48 Å². The summed E-state index contributed by atoms with van der Waals surface area (Å²) in [4.78, 5) is 16.4. The Labute approximate surface area is 152 Å². The van der Waals surface area contributed by atoms with Crippen LogP contribution in [0.1, 0.15) is 41.3 Å². The van der Waals surface area contributed by atoms with Crippen molar-refractivity contribution in [2.24, 2.45) is 0 Å². The molecule has 0 spiro atoms. The van der Waals surface area contributed by atoms with E-state index in [-0.39, 0.29) is 23.0 Å². The van der Waals surface area contributed by atoms with Crippen LogP contribution in [-0.2, 0) is 17.7 Å². The topological polar surface area (TPSA) is 65.0 Å². The first kappa shape index (κ1) is 17.9. The fourth-order valence-electron chi connectivity index (χ4n) is 4.89. The minimum Gasteiger partial charge on any atom is -0.371 e. The first-order valence-electron chi connectivity index (χ1n) is 9.28. The van der Waals surface area contributed by atoms with Crippen LogP contribution in [0.2, 0.25) is 0 Å². The van der Waals surface area contributed by atoms with Crippen molar-refractivity contribution < 1.29 is 19.1 Å². The highest BCUT2D eigenvalue weighted by Gasteiger charge is 2.51. The number of ether oxygens (including phenoxy) is 1. The maximum absolute atomic E-state index is 14.6. The van der Waals surface area contributed by atoms with Gasteiger partial charge >= 0.3 is 0 Å². The van der Waals surface area contributed by atoms with Gasteiger partial charge in [-0.1, -0.05) is 6.92 Å². The predicted octanol–water partition coefficient (Wildman–Crippen LogP) is 1.55. The summed E-state index contributed by atoms with van der Waals surface area (Å²) in [5, 5.41) is 8.85. The number of fused-ring (bicyclic) bond motifs is 3. The number of morpholine rings is 1. The molecule has 3 aliphatic heterocycles. The van der Waals surface area contributed by atoms with Crippen molar-refractivity contribution in [2.75, 3.05) is 26.7 Å². The molecule has 3 aliphatic rings. The van der Waals surface area contributed by atoms with Gasteiger partial charge in [-0.2, -0.15) is 0 Å². The highest BCUT2D eigenvalue weighted by Crippen LogP contribution is 2.39. The number of carbonyl (C=O) groups excluding carboxylic acids is 1. The summed E-state index contributed by atoms with van der Waals surface area (Å²) in [6, 6.07) is 3.67. The number of likely N-dealkylation sites (N-methyl/N-ethyl adjacent to an activating group) is 1. The Hall–Kier alpha value is -1.54. The van der Waals surface area contributed by atoms with Crippen molar-refractivity contribution >= 4 is 5.91 Å². The molecular weight excluding hydrogens is 337 g/mol. The van der Waals surface area contributed by atoms with E-state index in [1.165, 1.54) is 6.07 Å². The second-order valence-corrected chi connectivity index (χ2v) is 7.97. The van der Waals surface area contributed by atoms with Crippen molar-refractivity contribution in [1.29, 1.82) is 0 Å². The van der Waals surface area contributed by atoms with Gasteiger partial charge in [-0.15, -0.1) is 0 Å². The maximum Gasteiger partial charge on any atom is 0.274 e. The van der Waals surface area contributed by atoms with Crippen LogP contribution in [0.25, 0.3) is 0 Å². The Kier molecular flexibility index (Phi) is 4.51. The van der Waals surface area contributed by atoms with Crippen LogP contribution in [0.4, 0.5) is 4.39 Å². The van der Waals surface area contributed by atoms with E-state index in [1.807, 2.05) is 0 Å². The van der Waals surface area contributed by atoms with Crippen molar-refractivity contribution in [1.82, 2.24) is 15.3 Å². The fourth-order valence-corrected chi connectivity index (χ4v) is 4.89. The molecule has 0 radical (unpaired) electrons. The van der Waals surface area contributed by atoms with E-state index in [9.17, 15) is 9.18 Å². The van der Waals surface area contributed by atoms with Gasteiger partial charge in [-0.3, -0.25) is 19.8 Å². The predicted molar refractivity (Wildman–Crippen MR) is 93.6 cm³/mol. The number of rotatable bonds is 4. The summed E-state index contributed by atoms with van der Waals surface area (Å²) < 4.78 is 20.7. The minimum atomic E-state index is -0.686. The van der Waals surface area contributed by atoms with Crippen molar-refractivity contribution in [3.8, 4) is 0 Å². The van der Waals surface area contributed by atoms with Gasteiger partial charge in [0.1, 0.15) is 5.82 Å². The van der Waals surface area contributed by atoms with Crippen LogP contribution in [0.5, 0.6) is 0 Å². The molecule has 2 saturated heterocycles. The smallest absolute Gasteiger partial charge is 0.274 e. The van der Waals surface area contributed by atoms with E-state index in [2.05, 4.69) is 23.8 Å². The number of likely N-dealkylation sites (tertiary alicyclic amines) is 1. The number of hydrogen-bond acceptors (Lipinski definition) is 5. The molecule has 4 rings (SSSR count). The van der Waals surface area contributed by atoms with E-state index >= 15 is 0 Å². The molecule has 7 heteroatoms. The standard InChI is InChI=1S/C19H26FN3O3/c1-3-14-6-16-13(4-12(5-17(16)20)18(24)21-25)8-23(14)11-19-7-15(9-26-19)22(2)10-19/h4-5,14-15,25H,3,6-11H2,1-2H3,(H,21,24)/t14-,15+,19+/m1/s1. The van der Waals surface area contributed by atoms with Crippen LogP contribution >= 0.6 is 0 Å².